The Bertz CT molecular complexity index is 454. The van der Waals surface area contributed by atoms with Crippen LogP contribution in [0, 0.1) is 6.92 Å². The van der Waals surface area contributed by atoms with Crippen molar-refractivity contribution in [2.75, 3.05) is 5.73 Å². The Morgan fingerprint density at radius 1 is 1.29 bits per heavy atom. The van der Waals surface area contributed by atoms with Crippen LogP contribution in [-0.2, 0) is 0 Å². The quantitative estimate of drug-likeness (QED) is 0.715. The van der Waals surface area contributed by atoms with E-state index in [1.807, 2.05) is 13.0 Å². The zero-order valence-corrected chi connectivity index (χ0v) is 7.68. The van der Waals surface area contributed by atoms with Crippen LogP contribution in [0.1, 0.15) is 5.56 Å². The summed E-state index contributed by atoms with van der Waals surface area (Å²) in [5, 5.41) is 0. The minimum atomic E-state index is 0.221. The van der Waals surface area contributed by atoms with Crippen LogP contribution in [0.2, 0.25) is 0 Å². The average Bonchev–Trinajstić information content (AvgIpc) is 2.18. The molecule has 0 fully saturated rings. The molecule has 0 amide bonds. The van der Waals surface area contributed by atoms with Crippen molar-refractivity contribution in [1.29, 1.82) is 0 Å². The van der Waals surface area contributed by atoms with Crippen LogP contribution in [0.25, 0.3) is 11.4 Å². The number of hydrogen-bond donors (Lipinski definition) is 1. The van der Waals surface area contributed by atoms with Crippen LogP contribution in [0.5, 0.6) is 0 Å². The summed E-state index contributed by atoms with van der Waals surface area (Å²) in [6.07, 6.45) is 4.83. The first-order valence-corrected chi connectivity index (χ1v) is 4.13. The standard InChI is InChI=1S/C9H9N5/c1-6-2-3-11-4-7(6)8-12-5-13-9(10)14-8/h2-5H,1H3,(H2,10,12,13,14). The highest BCUT2D eigenvalue weighted by atomic mass is 15.1. The van der Waals surface area contributed by atoms with Gasteiger partial charge in [-0.05, 0) is 18.6 Å². The number of aryl methyl sites for hydroxylation is 1. The molecule has 2 rings (SSSR count). The predicted molar refractivity (Wildman–Crippen MR) is 52.2 cm³/mol. The molecule has 0 spiro atoms. The van der Waals surface area contributed by atoms with Gasteiger partial charge in [-0.2, -0.15) is 4.98 Å². The second-order valence-electron chi connectivity index (χ2n) is 2.86. The largest absolute Gasteiger partial charge is 0.368 e. The van der Waals surface area contributed by atoms with Gasteiger partial charge in [-0.1, -0.05) is 0 Å². The number of nitrogens with two attached hydrogens (primary N) is 1. The van der Waals surface area contributed by atoms with E-state index in [9.17, 15) is 0 Å². The lowest BCUT2D eigenvalue weighted by atomic mass is 10.1. The highest BCUT2D eigenvalue weighted by Crippen LogP contribution is 2.17. The van der Waals surface area contributed by atoms with Crippen LogP contribution in [0.15, 0.2) is 24.8 Å². The van der Waals surface area contributed by atoms with Gasteiger partial charge in [0.1, 0.15) is 6.33 Å². The third kappa shape index (κ3) is 1.52. The Labute approximate surface area is 81.1 Å². The normalized spacial score (nSPS) is 10.1. The van der Waals surface area contributed by atoms with Crippen LogP contribution in [0.3, 0.4) is 0 Å². The molecule has 0 unspecified atom stereocenters. The topological polar surface area (TPSA) is 77.6 Å². The molecule has 0 aromatic carbocycles. The first-order chi connectivity index (χ1) is 6.77. The maximum atomic E-state index is 5.46. The molecule has 0 bridgehead atoms. The summed E-state index contributed by atoms with van der Waals surface area (Å²) in [5.74, 6) is 0.779. The van der Waals surface area contributed by atoms with Crippen LogP contribution >= 0.6 is 0 Å². The molecule has 0 saturated carbocycles. The molecule has 14 heavy (non-hydrogen) atoms. The Kier molecular flexibility index (Phi) is 2.06. The van der Waals surface area contributed by atoms with Crippen LogP contribution in [-0.4, -0.2) is 19.9 Å². The highest BCUT2D eigenvalue weighted by Gasteiger charge is 2.04. The monoisotopic (exact) mass is 187 g/mol. The number of aromatic nitrogens is 4. The van der Waals surface area contributed by atoms with Gasteiger partial charge < -0.3 is 5.73 Å². The van der Waals surface area contributed by atoms with Crippen molar-refractivity contribution in [2.45, 2.75) is 6.92 Å². The van der Waals surface area contributed by atoms with E-state index >= 15 is 0 Å². The molecule has 0 aliphatic carbocycles. The fourth-order valence-corrected chi connectivity index (χ4v) is 1.14. The maximum Gasteiger partial charge on any atom is 0.223 e. The molecule has 0 radical (unpaired) electrons. The molecule has 0 saturated heterocycles. The van der Waals surface area contributed by atoms with E-state index in [-0.39, 0.29) is 5.95 Å². The number of anilines is 1. The summed E-state index contributed by atoms with van der Waals surface area (Å²) < 4.78 is 0. The van der Waals surface area contributed by atoms with E-state index in [0.717, 1.165) is 11.1 Å². The third-order valence-corrected chi connectivity index (χ3v) is 1.87. The first-order valence-electron chi connectivity index (χ1n) is 4.13. The molecule has 2 N–H and O–H groups in total. The van der Waals surface area contributed by atoms with Crippen molar-refractivity contribution >= 4 is 5.95 Å². The molecular formula is C9H9N5. The number of nitrogen functional groups attached to an aromatic ring is 1. The van der Waals surface area contributed by atoms with Gasteiger partial charge >= 0.3 is 0 Å². The Morgan fingerprint density at radius 2 is 2.14 bits per heavy atom. The van der Waals surface area contributed by atoms with Gasteiger partial charge in [0.25, 0.3) is 0 Å². The Morgan fingerprint density at radius 3 is 2.86 bits per heavy atom. The predicted octanol–water partition coefficient (Wildman–Crippen LogP) is 0.824. The van der Waals surface area contributed by atoms with E-state index < -0.39 is 0 Å². The lowest BCUT2D eigenvalue weighted by Crippen LogP contribution is -1.99. The van der Waals surface area contributed by atoms with Gasteiger partial charge in [-0.25, -0.2) is 9.97 Å². The van der Waals surface area contributed by atoms with Crippen LogP contribution < -0.4 is 5.73 Å². The van der Waals surface area contributed by atoms with E-state index in [1.165, 1.54) is 6.33 Å². The fraction of sp³-hybridized carbons (Fsp3) is 0.111. The zero-order chi connectivity index (χ0) is 9.97. The molecule has 0 aliphatic rings. The molecule has 5 heteroatoms. The molecule has 2 aromatic heterocycles. The van der Waals surface area contributed by atoms with Gasteiger partial charge in [0.2, 0.25) is 5.95 Å². The van der Waals surface area contributed by atoms with Crippen molar-refractivity contribution in [1.82, 2.24) is 19.9 Å². The summed E-state index contributed by atoms with van der Waals surface area (Å²) in [7, 11) is 0. The molecule has 0 aliphatic heterocycles. The molecule has 0 atom stereocenters. The summed E-state index contributed by atoms with van der Waals surface area (Å²) in [6.45, 7) is 1.97. The van der Waals surface area contributed by atoms with E-state index in [4.69, 9.17) is 5.73 Å². The number of nitrogens with zero attached hydrogens (tertiary/aromatic N) is 4. The van der Waals surface area contributed by atoms with Gasteiger partial charge in [-0.15, -0.1) is 0 Å². The lowest BCUT2D eigenvalue weighted by molar-refractivity contribution is 1.06. The van der Waals surface area contributed by atoms with Crippen molar-refractivity contribution in [3.8, 4) is 11.4 Å². The van der Waals surface area contributed by atoms with Gasteiger partial charge in [0.05, 0.1) is 0 Å². The van der Waals surface area contributed by atoms with E-state index in [0.29, 0.717) is 5.82 Å². The SMILES string of the molecule is Cc1ccncc1-c1ncnc(N)n1. The second kappa shape index (κ2) is 3.37. The lowest BCUT2D eigenvalue weighted by Gasteiger charge is -2.02. The number of rotatable bonds is 1. The molecule has 70 valence electrons. The van der Waals surface area contributed by atoms with Crippen molar-refractivity contribution < 1.29 is 0 Å². The molecular weight excluding hydrogens is 178 g/mol. The summed E-state index contributed by atoms with van der Waals surface area (Å²) in [6, 6.07) is 1.90. The first kappa shape index (κ1) is 8.55. The minimum absolute atomic E-state index is 0.221. The second-order valence-corrected chi connectivity index (χ2v) is 2.86. The summed E-state index contributed by atoms with van der Waals surface area (Å²) >= 11 is 0. The van der Waals surface area contributed by atoms with Crippen molar-refractivity contribution in [3.63, 3.8) is 0 Å². The zero-order valence-electron chi connectivity index (χ0n) is 7.68. The van der Waals surface area contributed by atoms with Gasteiger partial charge in [-0.3, -0.25) is 4.98 Å². The van der Waals surface area contributed by atoms with Crippen molar-refractivity contribution in [2.24, 2.45) is 0 Å². The Balaban J connectivity index is 2.55. The summed E-state index contributed by atoms with van der Waals surface area (Å²) in [5.41, 5.74) is 7.40. The average molecular weight is 187 g/mol. The minimum Gasteiger partial charge on any atom is -0.368 e. The molecule has 2 heterocycles. The van der Waals surface area contributed by atoms with Gasteiger partial charge in [0.15, 0.2) is 5.82 Å². The smallest absolute Gasteiger partial charge is 0.223 e. The highest BCUT2D eigenvalue weighted by molar-refractivity contribution is 5.58. The number of pyridine rings is 1. The number of hydrogen-bond acceptors (Lipinski definition) is 5. The summed E-state index contributed by atoms with van der Waals surface area (Å²) in [4.78, 5) is 15.8. The fourth-order valence-electron chi connectivity index (χ4n) is 1.14. The van der Waals surface area contributed by atoms with Crippen LogP contribution in [0.4, 0.5) is 5.95 Å². The molecule has 5 nitrogen and oxygen atoms in total. The van der Waals surface area contributed by atoms with E-state index in [2.05, 4.69) is 19.9 Å². The molecule has 2 aromatic rings. The third-order valence-electron chi connectivity index (χ3n) is 1.87. The van der Waals surface area contributed by atoms with Crippen molar-refractivity contribution in [3.05, 3.63) is 30.4 Å². The van der Waals surface area contributed by atoms with Gasteiger partial charge in [0, 0.05) is 18.0 Å². The van der Waals surface area contributed by atoms with E-state index in [1.54, 1.807) is 12.4 Å². The maximum absolute atomic E-state index is 5.46. The Hall–Kier alpha value is -2.04.